The minimum Gasteiger partial charge on any atom is -0.396 e. The Morgan fingerprint density at radius 2 is 2.35 bits per heavy atom. The fraction of sp³-hybridized carbons (Fsp3) is 0.364. The average Bonchev–Trinajstić information content (AvgIpc) is 2.21. The van der Waals surface area contributed by atoms with Crippen LogP contribution >= 0.6 is 0 Å². The first-order valence-corrected chi connectivity index (χ1v) is 5.19. The molecule has 0 unspecified atom stereocenters. The number of hydrogen-bond donors (Lipinski definition) is 2. The molecule has 0 atom stereocenters. The van der Waals surface area contributed by atoms with Crippen LogP contribution in [0.3, 0.4) is 0 Å². The van der Waals surface area contributed by atoms with Crippen molar-refractivity contribution in [2.45, 2.75) is 6.10 Å². The maximum Gasteiger partial charge on any atom is 0.250 e. The van der Waals surface area contributed by atoms with Crippen LogP contribution in [0.25, 0.3) is 0 Å². The van der Waals surface area contributed by atoms with Crippen LogP contribution in [0.2, 0.25) is 0 Å². The summed E-state index contributed by atoms with van der Waals surface area (Å²) in [5, 5.41) is 2.56. The lowest BCUT2D eigenvalue weighted by Gasteiger charge is -2.25. The van der Waals surface area contributed by atoms with Crippen LogP contribution in [-0.2, 0) is 14.3 Å². The quantitative estimate of drug-likeness (QED) is 0.762. The number of nitrogens with two attached hydrogens (primary N) is 1. The highest BCUT2D eigenvalue weighted by atomic mass is 19.1. The van der Waals surface area contributed by atoms with Gasteiger partial charge in [-0.1, -0.05) is 0 Å². The molecule has 0 spiro atoms. The van der Waals surface area contributed by atoms with E-state index in [4.69, 9.17) is 15.2 Å². The second-order valence-electron chi connectivity index (χ2n) is 3.75. The summed E-state index contributed by atoms with van der Waals surface area (Å²) >= 11 is 0. The normalized spacial score (nSPS) is 15.4. The van der Waals surface area contributed by atoms with Crippen LogP contribution in [0.5, 0.6) is 0 Å². The van der Waals surface area contributed by atoms with Gasteiger partial charge in [0.2, 0.25) is 5.91 Å². The van der Waals surface area contributed by atoms with Gasteiger partial charge >= 0.3 is 0 Å². The molecule has 1 amide bonds. The number of hydrogen-bond acceptors (Lipinski definition) is 4. The summed E-state index contributed by atoms with van der Waals surface area (Å²) in [5.74, 6) is -0.811. The van der Waals surface area contributed by atoms with E-state index >= 15 is 0 Å². The topological polar surface area (TPSA) is 73.6 Å². The summed E-state index contributed by atoms with van der Waals surface area (Å²) in [6.45, 7) is 0.999. The van der Waals surface area contributed by atoms with E-state index < -0.39 is 5.82 Å². The van der Waals surface area contributed by atoms with E-state index in [1.165, 1.54) is 18.2 Å². The maximum atomic E-state index is 12.9. The highest BCUT2D eigenvalue weighted by Gasteiger charge is 2.19. The molecule has 92 valence electrons. The Morgan fingerprint density at radius 1 is 1.59 bits per heavy atom. The third kappa shape index (κ3) is 3.15. The number of anilines is 2. The molecule has 1 saturated heterocycles. The van der Waals surface area contributed by atoms with Crippen molar-refractivity contribution in [1.29, 1.82) is 0 Å². The van der Waals surface area contributed by atoms with Crippen molar-refractivity contribution in [3.05, 3.63) is 24.0 Å². The largest absolute Gasteiger partial charge is 0.396 e. The van der Waals surface area contributed by atoms with Crippen LogP contribution in [0.15, 0.2) is 18.2 Å². The van der Waals surface area contributed by atoms with Crippen molar-refractivity contribution in [1.82, 2.24) is 0 Å². The molecule has 1 aromatic carbocycles. The van der Waals surface area contributed by atoms with Crippen LogP contribution in [0.4, 0.5) is 15.8 Å². The Bertz CT molecular complexity index is 421. The van der Waals surface area contributed by atoms with Crippen molar-refractivity contribution in [2.75, 3.05) is 30.9 Å². The molecule has 3 N–H and O–H groups in total. The summed E-state index contributed by atoms with van der Waals surface area (Å²) in [4.78, 5) is 11.4. The molecule has 1 heterocycles. The Morgan fingerprint density at radius 3 is 2.94 bits per heavy atom. The summed E-state index contributed by atoms with van der Waals surface area (Å²) in [6.07, 6.45) is -0.000891. The third-order valence-corrected chi connectivity index (χ3v) is 2.34. The number of rotatable bonds is 4. The first kappa shape index (κ1) is 11.8. The van der Waals surface area contributed by atoms with Crippen molar-refractivity contribution >= 4 is 17.3 Å². The van der Waals surface area contributed by atoms with Crippen LogP contribution < -0.4 is 11.1 Å². The van der Waals surface area contributed by atoms with E-state index in [-0.39, 0.29) is 24.3 Å². The Labute approximate surface area is 97.7 Å². The third-order valence-electron chi connectivity index (χ3n) is 2.34. The average molecular weight is 240 g/mol. The fourth-order valence-electron chi connectivity index (χ4n) is 1.32. The number of carbonyl (C=O) groups excluding carboxylic acids is 1. The van der Waals surface area contributed by atoms with E-state index in [1.807, 2.05) is 0 Å². The van der Waals surface area contributed by atoms with Gasteiger partial charge in [-0.2, -0.15) is 0 Å². The standard InChI is InChI=1S/C11H13FN2O3/c12-9-2-1-7(3-10(9)13)14-11(15)6-17-8-4-16-5-8/h1-3,8H,4-6,13H2,(H,14,15). The van der Waals surface area contributed by atoms with Gasteiger partial charge in [-0.25, -0.2) is 4.39 Å². The number of nitrogens with one attached hydrogen (secondary N) is 1. The molecule has 0 radical (unpaired) electrons. The molecule has 0 bridgehead atoms. The molecule has 17 heavy (non-hydrogen) atoms. The van der Waals surface area contributed by atoms with Gasteiger partial charge in [0.25, 0.3) is 0 Å². The van der Waals surface area contributed by atoms with Gasteiger partial charge in [0.15, 0.2) is 0 Å². The highest BCUT2D eigenvalue weighted by molar-refractivity contribution is 5.92. The molecule has 1 fully saturated rings. The number of carbonyl (C=O) groups is 1. The van der Waals surface area contributed by atoms with Gasteiger partial charge in [-0.05, 0) is 18.2 Å². The Kier molecular flexibility index (Phi) is 3.55. The lowest BCUT2D eigenvalue weighted by molar-refractivity contribution is -0.144. The molecule has 5 nitrogen and oxygen atoms in total. The molecule has 1 aliphatic rings. The molecular formula is C11H13FN2O3. The molecule has 2 rings (SSSR count). The van der Waals surface area contributed by atoms with Crippen molar-refractivity contribution in [3.8, 4) is 0 Å². The zero-order valence-corrected chi connectivity index (χ0v) is 9.11. The van der Waals surface area contributed by atoms with Crippen LogP contribution in [-0.4, -0.2) is 31.8 Å². The summed E-state index contributed by atoms with van der Waals surface area (Å²) in [7, 11) is 0. The number of ether oxygens (including phenoxy) is 2. The van der Waals surface area contributed by atoms with E-state index in [0.29, 0.717) is 18.9 Å². The van der Waals surface area contributed by atoms with Gasteiger partial charge in [-0.3, -0.25) is 4.79 Å². The summed E-state index contributed by atoms with van der Waals surface area (Å²) < 4.78 is 23.0. The zero-order chi connectivity index (χ0) is 12.3. The van der Waals surface area contributed by atoms with Crippen LogP contribution in [0, 0.1) is 5.82 Å². The number of benzene rings is 1. The molecule has 0 saturated carbocycles. The first-order chi connectivity index (χ1) is 8.15. The second kappa shape index (κ2) is 5.11. The molecule has 6 heteroatoms. The van der Waals surface area contributed by atoms with E-state index in [1.54, 1.807) is 0 Å². The highest BCUT2D eigenvalue weighted by Crippen LogP contribution is 2.16. The van der Waals surface area contributed by atoms with Crippen LogP contribution in [0.1, 0.15) is 0 Å². The molecule has 1 aromatic rings. The Hall–Kier alpha value is -1.66. The van der Waals surface area contributed by atoms with Crippen molar-refractivity contribution in [2.24, 2.45) is 0 Å². The summed E-state index contributed by atoms with van der Waals surface area (Å²) in [6, 6.07) is 4.00. The number of halogens is 1. The zero-order valence-electron chi connectivity index (χ0n) is 9.11. The SMILES string of the molecule is Nc1cc(NC(=O)COC2COC2)ccc1F. The smallest absolute Gasteiger partial charge is 0.250 e. The predicted molar refractivity (Wildman–Crippen MR) is 60.0 cm³/mol. The molecule has 0 aliphatic carbocycles. The first-order valence-electron chi connectivity index (χ1n) is 5.19. The lowest BCUT2D eigenvalue weighted by atomic mass is 10.2. The number of nitrogen functional groups attached to an aromatic ring is 1. The lowest BCUT2D eigenvalue weighted by Crippen LogP contribution is -2.38. The van der Waals surface area contributed by atoms with E-state index in [0.717, 1.165) is 0 Å². The second-order valence-corrected chi connectivity index (χ2v) is 3.75. The Balaban J connectivity index is 1.82. The van der Waals surface area contributed by atoms with Gasteiger partial charge in [0.05, 0.1) is 18.9 Å². The van der Waals surface area contributed by atoms with Crippen molar-refractivity contribution in [3.63, 3.8) is 0 Å². The minimum absolute atomic E-state index is 0.000891. The predicted octanol–water partition coefficient (Wildman–Crippen LogP) is 0.762. The summed E-state index contributed by atoms with van der Waals surface area (Å²) in [5.41, 5.74) is 5.82. The van der Waals surface area contributed by atoms with Gasteiger partial charge in [0, 0.05) is 5.69 Å². The van der Waals surface area contributed by atoms with Gasteiger partial charge in [-0.15, -0.1) is 0 Å². The molecule has 0 aromatic heterocycles. The molecule has 1 aliphatic heterocycles. The maximum absolute atomic E-state index is 12.9. The molecular weight excluding hydrogens is 227 g/mol. The minimum atomic E-state index is -0.508. The van der Waals surface area contributed by atoms with Gasteiger partial charge < -0.3 is 20.5 Å². The monoisotopic (exact) mass is 240 g/mol. The van der Waals surface area contributed by atoms with Gasteiger partial charge in [0.1, 0.15) is 18.5 Å². The van der Waals surface area contributed by atoms with Crippen molar-refractivity contribution < 1.29 is 18.7 Å². The number of amides is 1. The fourth-order valence-corrected chi connectivity index (χ4v) is 1.32. The van der Waals surface area contributed by atoms with E-state index in [9.17, 15) is 9.18 Å². The van der Waals surface area contributed by atoms with E-state index in [2.05, 4.69) is 5.32 Å².